The summed E-state index contributed by atoms with van der Waals surface area (Å²) in [6.07, 6.45) is 1.73. The summed E-state index contributed by atoms with van der Waals surface area (Å²) < 4.78 is 0. The Morgan fingerprint density at radius 2 is 2.50 bits per heavy atom. The second kappa shape index (κ2) is 3.67. The molecule has 0 N–H and O–H groups in total. The first-order chi connectivity index (χ1) is 5.63. The van der Waals surface area contributed by atoms with Crippen LogP contribution in [-0.4, -0.2) is 22.8 Å². The van der Waals surface area contributed by atoms with Gasteiger partial charge in [0, 0.05) is 25.5 Å². The zero-order valence-corrected chi connectivity index (χ0v) is 7.97. The number of aromatic nitrogens is 1. The van der Waals surface area contributed by atoms with E-state index in [1.54, 1.807) is 29.5 Å². The quantitative estimate of drug-likeness (QED) is 0.696. The zero-order chi connectivity index (χ0) is 9.14. The molecule has 1 amide bonds. The number of nitrogens with zero attached hydrogens (tertiary/aromatic N) is 2. The third kappa shape index (κ3) is 1.82. The first-order valence-electron chi connectivity index (χ1n) is 3.61. The molecular formula is C8H11N2OS. The highest BCUT2D eigenvalue weighted by Gasteiger charge is 2.15. The normalized spacial score (nSPS) is 12.6. The second-order valence-corrected chi connectivity index (χ2v) is 3.48. The van der Waals surface area contributed by atoms with Gasteiger partial charge in [0.1, 0.15) is 5.01 Å². The predicted molar refractivity (Wildman–Crippen MR) is 48.7 cm³/mol. The van der Waals surface area contributed by atoms with Crippen LogP contribution in [0.5, 0.6) is 0 Å². The topological polar surface area (TPSA) is 33.2 Å². The molecule has 1 radical (unpaired) electrons. The minimum Gasteiger partial charge on any atom is -0.337 e. The first-order valence-corrected chi connectivity index (χ1v) is 4.49. The minimum absolute atomic E-state index is 0.0231. The standard InChI is InChI=1S/C8H11N2OS/c1-6(10(3)7(2)11)8-9-4-5-12-8/h4-6H,2H2,1,3H3. The van der Waals surface area contributed by atoms with E-state index < -0.39 is 0 Å². The number of hydrogen-bond donors (Lipinski definition) is 0. The van der Waals surface area contributed by atoms with Gasteiger partial charge in [-0.1, -0.05) is 0 Å². The fourth-order valence-electron chi connectivity index (χ4n) is 0.822. The molecule has 65 valence electrons. The summed E-state index contributed by atoms with van der Waals surface area (Å²) >= 11 is 1.54. The van der Waals surface area contributed by atoms with Crippen LogP contribution in [0.1, 0.15) is 18.0 Å². The summed E-state index contributed by atoms with van der Waals surface area (Å²) in [5.74, 6) is -0.183. The van der Waals surface area contributed by atoms with E-state index in [4.69, 9.17) is 0 Å². The summed E-state index contributed by atoms with van der Waals surface area (Å²) in [4.78, 5) is 16.6. The highest BCUT2D eigenvalue weighted by atomic mass is 32.1. The average Bonchev–Trinajstić information content (AvgIpc) is 2.53. The van der Waals surface area contributed by atoms with Crippen molar-refractivity contribution in [3.63, 3.8) is 0 Å². The predicted octanol–water partition coefficient (Wildman–Crippen LogP) is 1.50. The van der Waals surface area contributed by atoms with Gasteiger partial charge in [-0.2, -0.15) is 0 Å². The molecule has 0 saturated heterocycles. The van der Waals surface area contributed by atoms with Crippen molar-refractivity contribution in [3.8, 4) is 0 Å². The van der Waals surface area contributed by atoms with Crippen LogP contribution in [0.25, 0.3) is 0 Å². The van der Waals surface area contributed by atoms with Crippen molar-refractivity contribution in [1.29, 1.82) is 0 Å². The fourth-order valence-corrected chi connectivity index (χ4v) is 1.56. The van der Waals surface area contributed by atoms with Crippen LogP contribution in [0.3, 0.4) is 0 Å². The smallest absolute Gasteiger partial charge is 0.223 e. The monoisotopic (exact) mass is 183 g/mol. The number of carbonyl (C=O) groups excluding carboxylic acids is 1. The van der Waals surface area contributed by atoms with E-state index in [1.165, 1.54) is 0 Å². The molecule has 4 heteroatoms. The van der Waals surface area contributed by atoms with Crippen molar-refractivity contribution in [2.24, 2.45) is 0 Å². The number of hydrogen-bond acceptors (Lipinski definition) is 3. The number of amides is 1. The average molecular weight is 183 g/mol. The molecule has 1 unspecified atom stereocenters. The van der Waals surface area contributed by atoms with Gasteiger partial charge in [-0.05, 0) is 6.92 Å². The summed E-state index contributed by atoms with van der Waals surface area (Å²) in [7, 11) is 1.72. The highest BCUT2D eigenvalue weighted by molar-refractivity contribution is 7.09. The van der Waals surface area contributed by atoms with Gasteiger partial charge < -0.3 is 4.90 Å². The maximum absolute atomic E-state index is 10.9. The molecule has 0 aliphatic rings. The van der Waals surface area contributed by atoms with Crippen molar-refractivity contribution in [3.05, 3.63) is 23.5 Å². The van der Waals surface area contributed by atoms with Crippen molar-refractivity contribution >= 4 is 17.2 Å². The number of rotatable bonds is 2. The lowest BCUT2D eigenvalue weighted by atomic mass is 10.3. The molecule has 0 spiro atoms. The van der Waals surface area contributed by atoms with Crippen LogP contribution >= 0.6 is 11.3 Å². The molecule has 3 nitrogen and oxygen atoms in total. The molecule has 0 aliphatic carbocycles. The third-order valence-electron chi connectivity index (χ3n) is 1.78. The minimum atomic E-state index is -0.183. The van der Waals surface area contributed by atoms with E-state index in [2.05, 4.69) is 11.9 Å². The van der Waals surface area contributed by atoms with Gasteiger partial charge in [-0.25, -0.2) is 4.98 Å². The molecular weight excluding hydrogens is 172 g/mol. The summed E-state index contributed by atoms with van der Waals surface area (Å²) in [6, 6.07) is 0.0231. The summed E-state index contributed by atoms with van der Waals surface area (Å²) in [5, 5.41) is 2.84. The van der Waals surface area contributed by atoms with Crippen LogP contribution in [0, 0.1) is 6.92 Å². The second-order valence-electron chi connectivity index (χ2n) is 2.55. The molecule has 0 aliphatic heterocycles. The summed E-state index contributed by atoms with van der Waals surface area (Å²) in [5.41, 5.74) is 0. The Labute approximate surface area is 76.0 Å². The van der Waals surface area contributed by atoms with Crippen LogP contribution in [0.2, 0.25) is 0 Å². The molecule has 1 rings (SSSR count). The van der Waals surface area contributed by atoms with Gasteiger partial charge in [0.05, 0.1) is 6.04 Å². The lowest BCUT2D eigenvalue weighted by Gasteiger charge is -2.21. The Balaban J connectivity index is 2.71. The Morgan fingerprint density at radius 1 is 1.83 bits per heavy atom. The molecule has 0 fully saturated rings. The lowest BCUT2D eigenvalue weighted by Crippen LogP contribution is -2.27. The van der Waals surface area contributed by atoms with Crippen molar-refractivity contribution in [2.45, 2.75) is 13.0 Å². The molecule has 12 heavy (non-hydrogen) atoms. The van der Waals surface area contributed by atoms with Crippen LogP contribution < -0.4 is 0 Å². The molecule has 0 saturated carbocycles. The molecule has 0 bridgehead atoms. The van der Waals surface area contributed by atoms with Crippen molar-refractivity contribution in [2.75, 3.05) is 7.05 Å². The third-order valence-corrected chi connectivity index (χ3v) is 2.73. The van der Waals surface area contributed by atoms with E-state index in [1.807, 2.05) is 12.3 Å². The number of thiazole rings is 1. The van der Waals surface area contributed by atoms with Crippen LogP contribution in [0.15, 0.2) is 11.6 Å². The maximum Gasteiger partial charge on any atom is 0.223 e. The van der Waals surface area contributed by atoms with E-state index in [0.29, 0.717) is 0 Å². The largest absolute Gasteiger partial charge is 0.337 e. The Morgan fingerprint density at radius 3 is 2.92 bits per heavy atom. The zero-order valence-electron chi connectivity index (χ0n) is 7.15. The van der Waals surface area contributed by atoms with E-state index in [-0.39, 0.29) is 11.9 Å². The molecule has 1 heterocycles. The van der Waals surface area contributed by atoms with Gasteiger partial charge in [0.25, 0.3) is 0 Å². The maximum atomic E-state index is 10.9. The highest BCUT2D eigenvalue weighted by Crippen LogP contribution is 2.20. The summed E-state index contributed by atoms with van der Waals surface area (Å²) in [6.45, 7) is 5.27. The van der Waals surface area contributed by atoms with Gasteiger partial charge in [0.15, 0.2) is 0 Å². The van der Waals surface area contributed by atoms with Gasteiger partial charge >= 0.3 is 0 Å². The molecule has 1 aromatic heterocycles. The molecule has 1 atom stereocenters. The van der Waals surface area contributed by atoms with Crippen LogP contribution in [0.4, 0.5) is 0 Å². The first kappa shape index (κ1) is 9.19. The van der Waals surface area contributed by atoms with Gasteiger partial charge in [-0.15, -0.1) is 11.3 Å². The van der Waals surface area contributed by atoms with Crippen molar-refractivity contribution in [1.82, 2.24) is 9.88 Å². The van der Waals surface area contributed by atoms with Gasteiger partial charge in [-0.3, -0.25) is 4.79 Å². The van der Waals surface area contributed by atoms with Crippen molar-refractivity contribution < 1.29 is 4.79 Å². The van der Waals surface area contributed by atoms with E-state index in [9.17, 15) is 4.79 Å². The molecule has 1 aromatic rings. The van der Waals surface area contributed by atoms with Crippen LogP contribution in [-0.2, 0) is 4.79 Å². The molecule has 0 aromatic carbocycles. The SMILES string of the molecule is [CH2]C(=O)N(C)C(C)c1nccs1. The van der Waals surface area contributed by atoms with E-state index >= 15 is 0 Å². The Bertz CT molecular complexity index is 258. The lowest BCUT2D eigenvalue weighted by molar-refractivity contribution is -0.126. The van der Waals surface area contributed by atoms with Gasteiger partial charge in [0.2, 0.25) is 5.91 Å². The number of carbonyl (C=O) groups is 1. The fraction of sp³-hybridized carbons (Fsp3) is 0.375. The Hall–Kier alpha value is -0.900. The Kier molecular flexibility index (Phi) is 2.81. The van der Waals surface area contributed by atoms with E-state index in [0.717, 1.165) is 5.01 Å².